The molecule has 1 nitrogen and oxygen atoms in total. The Balaban J connectivity index is 1.60. The second kappa shape index (κ2) is 5.88. The van der Waals surface area contributed by atoms with Crippen LogP contribution in [0.2, 0.25) is 0 Å². The molecule has 3 rings (SSSR count). The summed E-state index contributed by atoms with van der Waals surface area (Å²) in [4.78, 5) is 1.46. The van der Waals surface area contributed by atoms with Crippen molar-refractivity contribution in [2.24, 2.45) is 11.8 Å². The predicted molar refractivity (Wildman–Crippen MR) is 81.5 cm³/mol. The predicted octanol–water partition coefficient (Wildman–Crippen LogP) is 4.28. The molecule has 1 aromatic rings. The highest BCUT2D eigenvalue weighted by atomic mass is 32.2. The number of benzene rings is 1. The Hall–Kier alpha value is -0.470. The van der Waals surface area contributed by atoms with Crippen molar-refractivity contribution >= 4 is 11.8 Å². The molecule has 1 saturated carbocycles. The van der Waals surface area contributed by atoms with E-state index in [1.807, 2.05) is 11.8 Å². The van der Waals surface area contributed by atoms with E-state index in [1.54, 1.807) is 0 Å². The van der Waals surface area contributed by atoms with E-state index in [9.17, 15) is 5.11 Å². The van der Waals surface area contributed by atoms with Crippen LogP contribution in [0.1, 0.15) is 44.6 Å². The third kappa shape index (κ3) is 3.00. The lowest BCUT2D eigenvalue weighted by molar-refractivity contribution is 0.0430. The number of aliphatic hydroxyl groups excluding tert-OH is 1. The van der Waals surface area contributed by atoms with Crippen LogP contribution in [0.5, 0.6) is 0 Å². The molecule has 2 aliphatic rings. The molecule has 1 fully saturated rings. The molecule has 1 aromatic carbocycles. The summed E-state index contributed by atoms with van der Waals surface area (Å²) >= 11 is 2.03. The summed E-state index contributed by atoms with van der Waals surface area (Å²) in [5.74, 6) is 1.38. The largest absolute Gasteiger partial charge is 0.393 e. The third-order valence-corrected chi connectivity index (χ3v) is 6.25. The Morgan fingerprint density at radius 3 is 2.89 bits per heavy atom. The first-order valence-corrected chi connectivity index (χ1v) is 8.57. The highest BCUT2D eigenvalue weighted by Gasteiger charge is 2.32. The third-order valence-electron chi connectivity index (χ3n) is 4.91. The molecule has 0 radical (unpaired) electrons. The zero-order valence-electron chi connectivity index (χ0n) is 11.7. The number of aliphatic hydroxyl groups is 1. The van der Waals surface area contributed by atoms with Gasteiger partial charge in [0.2, 0.25) is 0 Å². The van der Waals surface area contributed by atoms with Crippen LogP contribution in [0, 0.1) is 11.8 Å². The van der Waals surface area contributed by atoms with E-state index >= 15 is 0 Å². The summed E-state index contributed by atoms with van der Waals surface area (Å²) in [5, 5.41) is 10.9. The van der Waals surface area contributed by atoms with E-state index in [-0.39, 0.29) is 6.10 Å². The summed E-state index contributed by atoms with van der Waals surface area (Å²) in [5.41, 5.74) is 1.51. The van der Waals surface area contributed by atoms with Crippen molar-refractivity contribution in [2.75, 3.05) is 0 Å². The molecule has 1 aliphatic carbocycles. The van der Waals surface area contributed by atoms with Crippen LogP contribution in [-0.4, -0.2) is 16.5 Å². The molecule has 104 valence electrons. The van der Waals surface area contributed by atoms with Gasteiger partial charge in [-0.3, -0.25) is 0 Å². The Morgan fingerprint density at radius 2 is 2.11 bits per heavy atom. The van der Waals surface area contributed by atoms with Crippen molar-refractivity contribution in [2.45, 2.75) is 61.7 Å². The van der Waals surface area contributed by atoms with E-state index in [2.05, 4.69) is 31.2 Å². The van der Waals surface area contributed by atoms with Crippen LogP contribution >= 0.6 is 11.8 Å². The second-order valence-electron chi connectivity index (χ2n) is 6.20. The molecule has 1 N–H and O–H groups in total. The number of hydrogen-bond donors (Lipinski definition) is 1. The number of thioether (sulfide) groups is 1. The topological polar surface area (TPSA) is 20.2 Å². The van der Waals surface area contributed by atoms with E-state index in [0.717, 1.165) is 12.3 Å². The molecule has 0 spiro atoms. The van der Waals surface area contributed by atoms with Crippen molar-refractivity contribution in [3.8, 4) is 0 Å². The van der Waals surface area contributed by atoms with Gasteiger partial charge < -0.3 is 5.11 Å². The average Bonchev–Trinajstić information content (AvgIpc) is 2.83. The summed E-state index contributed by atoms with van der Waals surface area (Å²) in [6.07, 6.45) is 7.11. The molecule has 0 bridgehead atoms. The van der Waals surface area contributed by atoms with E-state index in [0.29, 0.717) is 11.2 Å². The van der Waals surface area contributed by atoms with Gasteiger partial charge in [-0.05, 0) is 55.6 Å². The highest BCUT2D eigenvalue weighted by Crippen LogP contribution is 2.43. The van der Waals surface area contributed by atoms with Crippen LogP contribution in [0.25, 0.3) is 0 Å². The summed E-state index contributed by atoms with van der Waals surface area (Å²) in [7, 11) is 0. The zero-order valence-corrected chi connectivity index (χ0v) is 12.5. The highest BCUT2D eigenvalue weighted by molar-refractivity contribution is 8.00. The summed E-state index contributed by atoms with van der Waals surface area (Å²) < 4.78 is 0. The first-order chi connectivity index (χ1) is 9.26. The Morgan fingerprint density at radius 1 is 1.26 bits per heavy atom. The Bertz CT molecular complexity index is 406. The smallest absolute Gasteiger partial charge is 0.0569 e. The molecule has 19 heavy (non-hydrogen) atoms. The first-order valence-electron chi connectivity index (χ1n) is 7.69. The fourth-order valence-corrected chi connectivity index (χ4v) is 5.12. The minimum absolute atomic E-state index is 0.0490. The van der Waals surface area contributed by atoms with Gasteiger partial charge in [0.25, 0.3) is 0 Å². The van der Waals surface area contributed by atoms with Crippen LogP contribution in [0.4, 0.5) is 0 Å². The molecule has 4 atom stereocenters. The molecule has 2 heteroatoms. The number of rotatable bonds is 3. The average molecular weight is 276 g/mol. The van der Waals surface area contributed by atoms with Gasteiger partial charge in [0.15, 0.2) is 0 Å². The number of hydrogen-bond acceptors (Lipinski definition) is 2. The van der Waals surface area contributed by atoms with Crippen molar-refractivity contribution in [3.63, 3.8) is 0 Å². The van der Waals surface area contributed by atoms with Crippen molar-refractivity contribution in [3.05, 3.63) is 29.8 Å². The fourth-order valence-electron chi connectivity index (χ4n) is 3.69. The second-order valence-corrected chi connectivity index (χ2v) is 7.54. The van der Waals surface area contributed by atoms with E-state index in [4.69, 9.17) is 0 Å². The molecule has 1 heterocycles. The maximum atomic E-state index is 10.3. The van der Waals surface area contributed by atoms with Crippen molar-refractivity contribution in [1.29, 1.82) is 0 Å². The maximum Gasteiger partial charge on any atom is 0.0569 e. The van der Waals surface area contributed by atoms with Gasteiger partial charge in [-0.2, -0.15) is 0 Å². The normalized spacial score (nSPS) is 34.2. The lowest BCUT2D eigenvalue weighted by Gasteiger charge is -2.34. The van der Waals surface area contributed by atoms with Crippen molar-refractivity contribution < 1.29 is 5.11 Å². The van der Waals surface area contributed by atoms with Gasteiger partial charge in [-0.25, -0.2) is 0 Å². The van der Waals surface area contributed by atoms with Crippen LogP contribution in [0.15, 0.2) is 29.2 Å². The summed E-state index contributed by atoms with van der Waals surface area (Å²) in [6, 6.07) is 8.78. The molecule has 0 aromatic heterocycles. The van der Waals surface area contributed by atoms with E-state index < -0.39 is 0 Å². The standard InChI is InChI=1S/C17H24OS/c1-2-12-7-8-16(18)14(9-12)11-15-10-13-5-3-4-6-17(13)19-15/h3-6,12,14-16,18H,2,7-11H2,1H3. The SMILES string of the molecule is CCC1CCC(O)C(CC2Cc3ccccc3S2)C1. The van der Waals surface area contributed by atoms with Crippen LogP contribution in [0.3, 0.4) is 0 Å². The molecule has 1 aliphatic heterocycles. The van der Waals surface area contributed by atoms with Crippen LogP contribution < -0.4 is 0 Å². The Kier molecular flexibility index (Phi) is 4.18. The monoisotopic (exact) mass is 276 g/mol. The first kappa shape index (κ1) is 13.5. The molecular formula is C17H24OS. The van der Waals surface area contributed by atoms with Gasteiger partial charge in [-0.15, -0.1) is 11.8 Å². The lowest BCUT2D eigenvalue weighted by atomic mass is 9.76. The van der Waals surface area contributed by atoms with Gasteiger partial charge in [0.05, 0.1) is 6.10 Å². The molecular weight excluding hydrogens is 252 g/mol. The Labute approximate surface area is 120 Å². The van der Waals surface area contributed by atoms with Crippen LogP contribution in [-0.2, 0) is 6.42 Å². The molecule has 0 amide bonds. The van der Waals surface area contributed by atoms with E-state index in [1.165, 1.54) is 42.6 Å². The fraction of sp³-hybridized carbons (Fsp3) is 0.647. The van der Waals surface area contributed by atoms with Gasteiger partial charge in [-0.1, -0.05) is 31.5 Å². The van der Waals surface area contributed by atoms with Crippen molar-refractivity contribution in [1.82, 2.24) is 0 Å². The zero-order chi connectivity index (χ0) is 13.2. The van der Waals surface area contributed by atoms with Gasteiger partial charge >= 0.3 is 0 Å². The molecule has 4 unspecified atom stereocenters. The molecule has 0 saturated heterocycles. The minimum Gasteiger partial charge on any atom is -0.393 e. The quantitative estimate of drug-likeness (QED) is 0.889. The lowest BCUT2D eigenvalue weighted by Crippen LogP contribution is -2.31. The van der Waals surface area contributed by atoms with Gasteiger partial charge in [0.1, 0.15) is 0 Å². The summed E-state index contributed by atoms with van der Waals surface area (Å²) in [6.45, 7) is 2.29. The number of fused-ring (bicyclic) bond motifs is 1. The van der Waals surface area contributed by atoms with Gasteiger partial charge in [0, 0.05) is 10.1 Å². The minimum atomic E-state index is -0.0490. The maximum absolute atomic E-state index is 10.3.